The maximum atomic E-state index is 12.1. The summed E-state index contributed by atoms with van der Waals surface area (Å²) in [5.74, 6) is 0.522. The lowest BCUT2D eigenvalue weighted by Crippen LogP contribution is -2.50. The highest BCUT2D eigenvalue weighted by Crippen LogP contribution is 2.24. The summed E-state index contributed by atoms with van der Waals surface area (Å²) in [5, 5.41) is 6.18. The maximum absolute atomic E-state index is 12.1. The Bertz CT molecular complexity index is 550. The van der Waals surface area contributed by atoms with Crippen LogP contribution in [0.1, 0.15) is 19.3 Å². The minimum Gasteiger partial charge on any atom is -0.371 e. The van der Waals surface area contributed by atoms with Crippen molar-refractivity contribution >= 4 is 27.6 Å². The monoisotopic (exact) mass is 394 g/mol. The normalized spacial score (nSPS) is 24.8. The summed E-state index contributed by atoms with van der Waals surface area (Å²) in [6, 6.07) is 8.72. The van der Waals surface area contributed by atoms with Gasteiger partial charge in [0.1, 0.15) is 0 Å². The third kappa shape index (κ3) is 4.86. The first-order valence-corrected chi connectivity index (χ1v) is 9.63. The van der Waals surface area contributed by atoms with Crippen LogP contribution in [-0.2, 0) is 0 Å². The summed E-state index contributed by atoms with van der Waals surface area (Å²) in [6.07, 6.45) is 3.37. The molecular formula is C18H27BrN4O. The van der Waals surface area contributed by atoms with Crippen molar-refractivity contribution < 1.29 is 4.79 Å². The highest BCUT2D eigenvalue weighted by molar-refractivity contribution is 9.10. The smallest absolute Gasteiger partial charge is 0.315 e. The Hall–Kier alpha value is -1.27. The average Bonchev–Trinajstić information content (AvgIpc) is 3.03. The molecule has 1 aromatic carbocycles. The van der Waals surface area contributed by atoms with Gasteiger partial charge in [-0.2, -0.15) is 0 Å². The van der Waals surface area contributed by atoms with E-state index in [1.807, 2.05) is 0 Å². The molecule has 6 heteroatoms. The number of piperidine rings is 1. The maximum Gasteiger partial charge on any atom is 0.315 e. The van der Waals surface area contributed by atoms with Gasteiger partial charge in [-0.3, -0.25) is 0 Å². The third-order valence-corrected chi connectivity index (χ3v) is 5.52. The second-order valence-electron chi connectivity index (χ2n) is 7.03. The number of carbonyl (C=O) groups excluding carboxylic acids is 1. The van der Waals surface area contributed by atoms with Gasteiger partial charge in [0.25, 0.3) is 0 Å². The van der Waals surface area contributed by atoms with Crippen molar-refractivity contribution in [2.45, 2.75) is 25.3 Å². The Balaban J connectivity index is 1.39. The second-order valence-corrected chi connectivity index (χ2v) is 7.95. The van der Waals surface area contributed by atoms with Crippen molar-refractivity contribution in [1.82, 2.24) is 15.5 Å². The van der Waals surface area contributed by atoms with Gasteiger partial charge in [0.05, 0.1) is 0 Å². The Morgan fingerprint density at radius 1 is 1.21 bits per heavy atom. The van der Waals surface area contributed by atoms with Crippen LogP contribution in [0.2, 0.25) is 0 Å². The number of anilines is 1. The molecule has 2 amide bonds. The first kappa shape index (κ1) is 17.5. The molecule has 132 valence electrons. The molecule has 0 spiro atoms. The number of carbonyl (C=O) groups is 1. The first-order chi connectivity index (χ1) is 11.6. The summed E-state index contributed by atoms with van der Waals surface area (Å²) in [5.41, 5.74) is 1.26. The van der Waals surface area contributed by atoms with Gasteiger partial charge in [0, 0.05) is 42.4 Å². The van der Waals surface area contributed by atoms with Crippen LogP contribution >= 0.6 is 15.9 Å². The quantitative estimate of drug-likeness (QED) is 0.824. The largest absolute Gasteiger partial charge is 0.371 e. The molecule has 0 radical (unpaired) electrons. The van der Waals surface area contributed by atoms with Crippen molar-refractivity contribution in [3.05, 3.63) is 28.7 Å². The van der Waals surface area contributed by atoms with Gasteiger partial charge < -0.3 is 20.4 Å². The van der Waals surface area contributed by atoms with E-state index in [4.69, 9.17) is 0 Å². The molecule has 24 heavy (non-hydrogen) atoms. The molecule has 0 aliphatic carbocycles. The number of benzene rings is 1. The Kier molecular flexibility index (Phi) is 6.00. The number of urea groups is 1. The molecule has 3 rings (SSSR count). The molecule has 1 aromatic rings. The molecule has 2 N–H and O–H groups in total. The fourth-order valence-corrected chi connectivity index (χ4v) is 3.91. The van der Waals surface area contributed by atoms with E-state index in [0.717, 1.165) is 56.5 Å². The fourth-order valence-electron chi connectivity index (χ4n) is 3.64. The van der Waals surface area contributed by atoms with Crippen molar-refractivity contribution in [2.24, 2.45) is 5.92 Å². The van der Waals surface area contributed by atoms with E-state index in [9.17, 15) is 4.79 Å². The average molecular weight is 395 g/mol. The molecule has 0 bridgehead atoms. The molecule has 2 aliphatic rings. The Morgan fingerprint density at radius 3 is 2.75 bits per heavy atom. The number of likely N-dealkylation sites (N-methyl/N-ethyl adjacent to an activating group) is 1. The summed E-state index contributed by atoms with van der Waals surface area (Å²) in [7, 11) is 2.11. The zero-order valence-electron chi connectivity index (χ0n) is 14.3. The molecular weight excluding hydrogens is 368 g/mol. The molecule has 0 unspecified atom stereocenters. The minimum absolute atomic E-state index is 0.0163. The van der Waals surface area contributed by atoms with Crippen LogP contribution < -0.4 is 15.5 Å². The Labute approximate surface area is 152 Å². The van der Waals surface area contributed by atoms with Gasteiger partial charge in [-0.05, 0) is 63.0 Å². The van der Waals surface area contributed by atoms with Crippen LogP contribution in [0.3, 0.4) is 0 Å². The SMILES string of the molecule is CN1CCC[C@H](NC(=O)NC[C@@H]2CCN(c3ccc(Br)cc3)C2)C1. The predicted octanol–water partition coefficient (Wildman–Crippen LogP) is 2.67. The fraction of sp³-hybridized carbons (Fsp3) is 0.611. The highest BCUT2D eigenvalue weighted by atomic mass is 79.9. The van der Waals surface area contributed by atoms with Gasteiger partial charge in [-0.1, -0.05) is 15.9 Å². The Morgan fingerprint density at radius 2 is 2.00 bits per heavy atom. The zero-order chi connectivity index (χ0) is 16.9. The van der Waals surface area contributed by atoms with E-state index < -0.39 is 0 Å². The lowest BCUT2D eigenvalue weighted by molar-refractivity contribution is 0.208. The van der Waals surface area contributed by atoms with Crippen molar-refractivity contribution in [3.8, 4) is 0 Å². The molecule has 2 heterocycles. The van der Waals surface area contributed by atoms with E-state index in [1.165, 1.54) is 5.69 Å². The van der Waals surface area contributed by atoms with E-state index in [-0.39, 0.29) is 12.1 Å². The minimum atomic E-state index is -0.0163. The lowest BCUT2D eigenvalue weighted by atomic mass is 10.1. The van der Waals surface area contributed by atoms with Crippen LogP contribution in [-0.4, -0.2) is 56.7 Å². The van der Waals surface area contributed by atoms with Crippen LogP contribution in [0, 0.1) is 5.92 Å². The molecule has 2 fully saturated rings. The predicted molar refractivity (Wildman–Crippen MR) is 102 cm³/mol. The molecule has 0 aromatic heterocycles. The number of likely N-dealkylation sites (tertiary alicyclic amines) is 1. The van der Waals surface area contributed by atoms with E-state index in [1.54, 1.807) is 0 Å². The van der Waals surface area contributed by atoms with Gasteiger partial charge >= 0.3 is 6.03 Å². The number of halogens is 1. The van der Waals surface area contributed by atoms with Crippen LogP contribution in [0.25, 0.3) is 0 Å². The molecule has 5 nitrogen and oxygen atoms in total. The standard InChI is InChI=1S/C18H27BrN4O/c1-22-9-2-3-16(13-22)21-18(24)20-11-14-8-10-23(12-14)17-6-4-15(19)5-7-17/h4-7,14,16H,2-3,8-13H2,1H3,(H2,20,21,24)/t14-,16-/m0/s1. The van der Waals surface area contributed by atoms with Crippen LogP contribution in [0.15, 0.2) is 28.7 Å². The van der Waals surface area contributed by atoms with Crippen LogP contribution in [0.5, 0.6) is 0 Å². The van der Waals surface area contributed by atoms with Crippen molar-refractivity contribution in [3.63, 3.8) is 0 Å². The van der Waals surface area contributed by atoms with Crippen molar-refractivity contribution in [2.75, 3.05) is 44.7 Å². The number of hydrogen-bond donors (Lipinski definition) is 2. The number of hydrogen-bond acceptors (Lipinski definition) is 3. The summed E-state index contributed by atoms with van der Waals surface area (Å²) >= 11 is 3.48. The lowest BCUT2D eigenvalue weighted by Gasteiger charge is -2.30. The topological polar surface area (TPSA) is 47.6 Å². The molecule has 0 saturated carbocycles. The van der Waals surface area contributed by atoms with Gasteiger partial charge in [-0.25, -0.2) is 4.79 Å². The number of nitrogens with zero attached hydrogens (tertiary/aromatic N) is 2. The van der Waals surface area contributed by atoms with E-state index in [0.29, 0.717) is 5.92 Å². The molecule has 2 saturated heterocycles. The third-order valence-electron chi connectivity index (χ3n) is 4.99. The van der Waals surface area contributed by atoms with Gasteiger partial charge in [0.15, 0.2) is 0 Å². The highest BCUT2D eigenvalue weighted by Gasteiger charge is 2.24. The van der Waals surface area contributed by atoms with Gasteiger partial charge in [0.2, 0.25) is 0 Å². The molecule has 2 atom stereocenters. The van der Waals surface area contributed by atoms with Gasteiger partial charge in [-0.15, -0.1) is 0 Å². The second kappa shape index (κ2) is 8.21. The zero-order valence-corrected chi connectivity index (χ0v) is 15.9. The van der Waals surface area contributed by atoms with E-state index in [2.05, 4.69) is 67.7 Å². The molecule has 2 aliphatic heterocycles. The summed E-state index contributed by atoms with van der Waals surface area (Å²) < 4.78 is 1.11. The summed E-state index contributed by atoms with van der Waals surface area (Å²) in [6.45, 7) is 4.90. The number of nitrogens with one attached hydrogen (secondary N) is 2. The number of rotatable bonds is 4. The first-order valence-electron chi connectivity index (χ1n) is 8.83. The number of amides is 2. The van der Waals surface area contributed by atoms with Crippen LogP contribution in [0.4, 0.5) is 10.5 Å². The van der Waals surface area contributed by atoms with Crippen molar-refractivity contribution in [1.29, 1.82) is 0 Å². The van der Waals surface area contributed by atoms with E-state index >= 15 is 0 Å². The summed E-state index contributed by atoms with van der Waals surface area (Å²) in [4.78, 5) is 16.8.